The fourth-order valence-corrected chi connectivity index (χ4v) is 3.44. The van der Waals surface area contributed by atoms with E-state index in [4.69, 9.17) is 0 Å². The molecular weight excluding hydrogens is 304 g/mol. The summed E-state index contributed by atoms with van der Waals surface area (Å²) in [5.74, 6) is 0.526. The van der Waals surface area contributed by atoms with Gasteiger partial charge in [0.25, 0.3) is 0 Å². The Balaban J connectivity index is 1.57. The Labute approximate surface area is 143 Å². The minimum absolute atomic E-state index is 0.0412. The standard InChI is InChI=1S/C18H26N4O2/c1-13-7-8-16(20-11-13)21-17(23)14-5-4-10-22(12-14)18(24)15-6-2-3-9-19-15/h7-8,11,14-15,19H,2-6,9-10,12H2,1H3,(H,20,21,23)/t14?,15-/m1/s1. The third-order valence-corrected chi connectivity index (χ3v) is 4.87. The van der Waals surface area contributed by atoms with Gasteiger partial charge in [-0.3, -0.25) is 9.59 Å². The lowest BCUT2D eigenvalue weighted by atomic mass is 9.95. The van der Waals surface area contributed by atoms with Gasteiger partial charge in [-0.2, -0.15) is 0 Å². The summed E-state index contributed by atoms with van der Waals surface area (Å²) in [6.07, 6.45) is 6.57. The lowest BCUT2D eigenvalue weighted by Gasteiger charge is -2.35. The predicted octanol–water partition coefficient (Wildman–Crippen LogP) is 1.71. The number of pyridine rings is 1. The molecule has 0 saturated carbocycles. The second kappa shape index (κ2) is 7.75. The van der Waals surface area contributed by atoms with E-state index in [0.717, 1.165) is 50.8 Å². The maximum atomic E-state index is 12.6. The summed E-state index contributed by atoms with van der Waals surface area (Å²) >= 11 is 0. The fourth-order valence-electron chi connectivity index (χ4n) is 3.44. The minimum Gasteiger partial charge on any atom is -0.341 e. The Morgan fingerprint density at radius 1 is 1.25 bits per heavy atom. The molecule has 2 N–H and O–H groups in total. The summed E-state index contributed by atoms with van der Waals surface area (Å²) in [6.45, 7) is 4.13. The molecule has 2 atom stereocenters. The first-order chi connectivity index (χ1) is 11.6. The number of carbonyl (C=O) groups excluding carboxylic acids is 2. The number of nitrogens with one attached hydrogen (secondary N) is 2. The van der Waals surface area contributed by atoms with Crippen molar-refractivity contribution in [3.63, 3.8) is 0 Å². The van der Waals surface area contributed by atoms with E-state index in [-0.39, 0.29) is 23.8 Å². The van der Waals surface area contributed by atoms with Gasteiger partial charge in [-0.15, -0.1) is 0 Å². The Hall–Kier alpha value is -1.95. The highest BCUT2D eigenvalue weighted by Crippen LogP contribution is 2.20. The lowest BCUT2D eigenvalue weighted by molar-refractivity contribution is -0.137. The molecule has 0 radical (unpaired) electrons. The number of piperidine rings is 2. The zero-order valence-corrected chi connectivity index (χ0v) is 14.3. The van der Waals surface area contributed by atoms with Gasteiger partial charge in [0.2, 0.25) is 11.8 Å². The molecule has 2 saturated heterocycles. The summed E-state index contributed by atoms with van der Waals surface area (Å²) in [5.41, 5.74) is 1.06. The van der Waals surface area contributed by atoms with Gasteiger partial charge in [-0.25, -0.2) is 4.98 Å². The van der Waals surface area contributed by atoms with Crippen LogP contribution in [0.15, 0.2) is 18.3 Å². The molecule has 0 spiro atoms. The molecule has 130 valence electrons. The van der Waals surface area contributed by atoms with Crippen LogP contribution in [0.5, 0.6) is 0 Å². The first-order valence-corrected chi connectivity index (χ1v) is 8.89. The number of hydrogen-bond acceptors (Lipinski definition) is 4. The third kappa shape index (κ3) is 4.12. The van der Waals surface area contributed by atoms with Crippen molar-refractivity contribution in [2.45, 2.75) is 45.1 Å². The van der Waals surface area contributed by atoms with Crippen LogP contribution in [0, 0.1) is 12.8 Å². The molecule has 2 aliphatic rings. The van der Waals surface area contributed by atoms with Crippen molar-refractivity contribution in [2.24, 2.45) is 5.92 Å². The van der Waals surface area contributed by atoms with E-state index in [1.165, 1.54) is 0 Å². The van der Waals surface area contributed by atoms with E-state index in [1.807, 2.05) is 24.0 Å². The molecule has 0 aliphatic carbocycles. The lowest BCUT2D eigenvalue weighted by Crippen LogP contribution is -2.52. The second-order valence-corrected chi connectivity index (χ2v) is 6.84. The summed E-state index contributed by atoms with van der Waals surface area (Å²) in [4.78, 5) is 31.2. The molecule has 6 nitrogen and oxygen atoms in total. The van der Waals surface area contributed by atoms with E-state index in [1.54, 1.807) is 6.20 Å². The molecule has 24 heavy (non-hydrogen) atoms. The number of amides is 2. The molecule has 1 aromatic heterocycles. The summed E-state index contributed by atoms with van der Waals surface area (Å²) in [5, 5.41) is 6.18. The van der Waals surface area contributed by atoms with Crippen LogP contribution >= 0.6 is 0 Å². The highest BCUT2D eigenvalue weighted by molar-refractivity contribution is 5.92. The van der Waals surface area contributed by atoms with Crippen LogP contribution in [0.1, 0.15) is 37.7 Å². The molecule has 2 fully saturated rings. The second-order valence-electron chi connectivity index (χ2n) is 6.84. The topological polar surface area (TPSA) is 74.3 Å². The number of rotatable bonds is 3. The molecule has 2 amide bonds. The number of aromatic nitrogens is 1. The Morgan fingerprint density at radius 2 is 2.12 bits per heavy atom. The molecule has 1 aromatic rings. The van der Waals surface area contributed by atoms with Crippen molar-refractivity contribution in [3.8, 4) is 0 Å². The van der Waals surface area contributed by atoms with Gasteiger partial charge in [0.1, 0.15) is 5.82 Å². The molecule has 3 rings (SSSR count). The first kappa shape index (κ1) is 16.9. The number of nitrogens with zero attached hydrogens (tertiary/aromatic N) is 2. The number of aryl methyl sites for hydroxylation is 1. The van der Waals surface area contributed by atoms with Gasteiger partial charge in [-0.05, 0) is 50.8 Å². The Bertz CT molecular complexity index is 581. The monoisotopic (exact) mass is 330 g/mol. The predicted molar refractivity (Wildman–Crippen MR) is 92.5 cm³/mol. The highest BCUT2D eigenvalue weighted by Gasteiger charge is 2.32. The van der Waals surface area contributed by atoms with E-state index >= 15 is 0 Å². The number of likely N-dealkylation sites (tertiary alicyclic amines) is 1. The average molecular weight is 330 g/mol. The van der Waals surface area contributed by atoms with Crippen molar-refractivity contribution in [1.82, 2.24) is 15.2 Å². The van der Waals surface area contributed by atoms with Gasteiger partial charge in [-0.1, -0.05) is 12.5 Å². The smallest absolute Gasteiger partial charge is 0.239 e. The molecule has 0 bridgehead atoms. The van der Waals surface area contributed by atoms with Crippen molar-refractivity contribution < 1.29 is 9.59 Å². The molecule has 1 unspecified atom stereocenters. The van der Waals surface area contributed by atoms with Crippen molar-refractivity contribution in [3.05, 3.63) is 23.9 Å². The van der Waals surface area contributed by atoms with Crippen LogP contribution in [-0.4, -0.2) is 47.4 Å². The zero-order valence-electron chi connectivity index (χ0n) is 14.3. The number of carbonyl (C=O) groups is 2. The Kier molecular flexibility index (Phi) is 5.45. The van der Waals surface area contributed by atoms with Gasteiger partial charge < -0.3 is 15.5 Å². The van der Waals surface area contributed by atoms with Gasteiger partial charge in [0.05, 0.1) is 12.0 Å². The maximum absolute atomic E-state index is 12.6. The minimum atomic E-state index is -0.158. The fraction of sp³-hybridized carbons (Fsp3) is 0.611. The van der Waals surface area contributed by atoms with Crippen molar-refractivity contribution in [1.29, 1.82) is 0 Å². The van der Waals surface area contributed by atoms with Crippen LogP contribution in [-0.2, 0) is 9.59 Å². The average Bonchev–Trinajstić information content (AvgIpc) is 2.64. The van der Waals surface area contributed by atoms with Gasteiger partial charge in [0, 0.05) is 19.3 Å². The quantitative estimate of drug-likeness (QED) is 0.885. The molecule has 0 aromatic carbocycles. The zero-order chi connectivity index (χ0) is 16.9. The largest absolute Gasteiger partial charge is 0.341 e. The van der Waals surface area contributed by atoms with E-state index in [9.17, 15) is 9.59 Å². The van der Waals surface area contributed by atoms with Crippen LogP contribution in [0.2, 0.25) is 0 Å². The molecule has 6 heteroatoms. The first-order valence-electron chi connectivity index (χ1n) is 8.89. The molecule has 2 aliphatic heterocycles. The van der Waals surface area contributed by atoms with Crippen LogP contribution in [0.25, 0.3) is 0 Å². The highest BCUT2D eigenvalue weighted by atomic mass is 16.2. The van der Waals surface area contributed by atoms with Crippen LogP contribution in [0.3, 0.4) is 0 Å². The SMILES string of the molecule is Cc1ccc(NC(=O)C2CCCN(C(=O)[C@H]3CCCCN3)C2)nc1. The van der Waals surface area contributed by atoms with Gasteiger partial charge >= 0.3 is 0 Å². The van der Waals surface area contributed by atoms with Gasteiger partial charge in [0.15, 0.2) is 0 Å². The van der Waals surface area contributed by atoms with E-state index in [0.29, 0.717) is 12.4 Å². The number of hydrogen-bond donors (Lipinski definition) is 2. The van der Waals surface area contributed by atoms with E-state index < -0.39 is 0 Å². The molecule has 3 heterocycles. The summed E-state index contributed by atoms with van der Waals surface area (Å²) < 4.78 is 0. The van der Waals surface area contributed by atoms with E-state index in [2.05, 4.69) is 15.6 Å². The van der Waals surface area contributed by atoms with Crippen molar-refractivity contribution in [2.75, 3.05) is 25.0 Å². The van der Waals surface area contributed by atoms with Crippen LogP contribution in [0.4, 0.5) is 5.82 Å². The van der Waals surface area contributed by atoms with Crippen LogP contribution < -0.4 is 10.6 Å². The molecular formula is C18H26N4O2. The summed E-state index contributed by atoms with van der Waals surface area (Å²) in [6, 6.07) is 3.67. The normalized spacial score (nSPS) is 24.5. The third-order valence-electron chi connectivity index (χ3n) is 4.87. The Morgan fingerprint density at radius 3 is 2.83 bits per heavy atom. The summed E-state index contributed by atoms with van der Waals surface area (Å²) in [7, 11) is 0. The maximum Gasteiger partial charge on any atom is 0.239 e. The van der Waals surface area contributed by atoms with Crippen molar-refractivity contribution >= 4 is 17.6 Å². The number of anilines is 1.